The van der Waals surface area contributed by atoms with Gasteiger partial charge in [0.1, 0.15) is 5.75 Å². The summed E-state index contributed by atoms with van der Waals surface area (Å²) in [7, 11) is 2.97. The van der Waals surface area contributed by atoms with Gasteiger partial charge in [0, 0.05) is 17.2 Å². The number of aromatic nitrogens is 1. The molecule has 1 aromatic carbocycles. The number of benzene rings is 1. The molecule has 0 aliphatic heterocycles. The second-order valence-electron chi connectivity index (χ2n) is 5.72. The summed E-state index contributed by atoms with van der Waals surface area (Å²) >= 11 is 0. The predicted octanol–water partition coefficient (Wildman–Crippen LogP) is 2.49. The molecule has 2 aromatic rings. The Bertz CT molecular complexity index is 842. The zero-order chi connectivity index (χ0) is 19.3. The minimum Gasteiger partial charge on any atom is -0.507 e. The van der Waals surface area contributed by atoms with Crippen LogP contribution in [0.1, 0.15) is 36.1 Å². The summed E-state index contributed by atoms with van der Waals surface area (Å²) < 4.78 is 15.8. The predicted molar refractivity (Wildman–Crippen MR) is 96.1 cm³/mol. The highest BCUT2D eigenvalue weighted by molar-refractivity contribution is 5.72. The van der Waals surface area contributed by atoms with Crippen molar-refractivity contribution in [2.24, 2.45) is 0 Å². The molecule has 1 aromatic heterocycles. The van der Waals surface area contributed by atoms with Gasteiger partial charge in [0.25, 0.3) is 5.56 Å². The molecule has 0 amide bonds. The van der Waals surface area contributed by atoms with E-state index >= 15 is 0 Å². The number of nitrogens with one attached hydrogen (secondary N) is 1. The molecule has 7 nitrogen and oxygen atoms in total. The van der Waals surface area contributed by atoms with Crippen molar-refractivity contribution in [2.75, 3.05) is 20.8 Å². The zero-order valence-corrected chi connectivity index (χ0v) is 15.3. The van der Waals surface area contributed by atoms with Crippen LogP contribution < -0.4 is 15.0 Å². The van der Waals surface area contributed by atoms with Crippen molar-refractivity contribution >= 4 is 5.97 Å². The molecule has 140 valence electrons. The maximum Gasteiger partial charge on any atom is 0.306 e. The number of carbonyl (C=O) groups is 1. The standard InChI is InChI=1S/C19H23NO6/c1-5-26-16(22)10-13(17-14(21)9-11(2)20-19(17)23)12-7-6-8-15(24-3)18(12)25-4/h6-9,13H,5,10H2,1-4H3,(H2,20,21,23)/t13-/m1/s1. The first-order chi connectivity index (χ1) is 12.4. The monoisotopic (exact) mass is 361 g/mol. The average Bonchev–Trinajstić information content (AvgIpc) is 2.59. The number of pyridine rings is 1. The van der Waals surface area contributed by atoms with E-state index < -0.39 is 17.4 Å². The Kier molecular flexibility index (Phi) is 6.27. The number of methoxy groups -OCH3 is 2. The van der Waals surface area contributed by atoms with E-state index in [1.54, 1.807) is 32.0 Å². The van der Waals surface area contributed by atoms with Gasteiger partial charge >= 0.3 is 5.97 Å². The van der Waals surface area contributed by atoms with Crippen molar-refractivity contribution in [3.63, 3.8) is 0 Å². The number of hydrogen-bond acceptors (Lipinski definition) is 6. The molecule has 0 unspecified atom stereocenters. The van der Waals surface area contributed by atoms with E-state index in [1.807, 2.05) is 0 Å². The molecule has 1 heterocycles. The van der Waals surface area contributed by atoms with Crippen molar-refractivity contribution in [1.29, 1.82) is 0 Å². The van der Waals surface area contributed by atoms with Crippen LogP contribution in [0.2, 0.25) is 0 Å². The number of H-pyrrole nitrogens is 1. The Labute approximate surface area is 151 Å². The third kappa shape index (κ3) is 3.99. The first kappa shape index (κ1) is 19.4. The molecule has 0 saturated carbocycles. The maximum atomic E-state index is 12.5. The van der Waals surface area contributed by atoms with Gasteiger partial charge in [-0.1, -0.05) is 12.1 Å². The number of aryl methyl sites for hydroxylation is 1. The highest BCUT2D eigenvalue weighted by Crippen LogP contribution is 2.41. The average molecular weight is 361 g/mol. The summed E-state index contributed by atoms with van der Waals surface area (Å²) in [4.78, 5) is 27.3. The molecule has 1 atom stereocenters. The van der Waals surface area contributed by atoms with Crippen LogP contribution in [-0.2, 0) is 9.53 Å². The number of ether oxygens (including phenoxy) is 3. The van der Waals surface area contributed by atoms with Crippen molar-refractivity contribution in [3.05, 3.63) is 51.4 Å². The molecular formula is C19H23NO6. The van der Waals surface area contributed by atoms with E-state index in [0.29, 0.717) is 22.8 Å². The number of para-hydroxylation sites is 1. The Morgan fingerprint density at radius 3 is 2.58 bits per heavy atom. The third-order valence-electron chi connectivity index (χ3n) is 4.02. The van der Waals surface area contributed by atoms with Gasteiger partial charge in [-0.3, -0.25) is 9.59 Å². The summed E-state index contributed by atoms with van der Waals surface area (Å²) in [6, 6.07) is 6.61. The van der Waals surface area contributed by atoms with Gasteiger partial charge < -0.3 is 24.3 Å². The lowest BCUT2D eigenvalue weighted by molar-refractivity contribution is -0.143. The quantitative estimate of drug-likeness (QED) is 0.735. The second-order valence-corrected chi connectivity index (χ2v) is 5.72. The minimum absolute atomic E-state index is 0.0789. The van der Waals surface area contributed by atoms with Gasteiger partial charge in [-0.05, 0) is 26.0 Å². The molecule has 26 heavy (non-hydrogen) atoms. The van der Waals surface area contributed by atoms with Crippen LogP contribution in [0.3, 0.4) is 0 Å². The SMILES string of the molecule is CCOC(=O)C[C@H](c1cccc(OC)c1OC)c1c(O)cc(C)[nH]c1=O. The zero-order valence-electron chi connectivity index (χ0n) is 15.3. The molecule has 0 radical (unpaired) electrons. The number of esters is 1. The first-order valence-corrected chi connectivity index (χ1v) is 8.22. The largest absolute Gasteiger partial charge is 0.507 e. The number of rotatable bonds is 7. The lowest BCUT2D eigenvalue weighted by Crippen LogP contribution is -2.21. The van der Waals surface area contributed by atoms with Gasteiger partial charge in [0.2, 0.25) is 0 Å². The minimum atomic E-state index is -0.761. The molecule has 2 N–H and O–H groups in total. The fourth-order valence-corrected chi connectivity index (χ4v) is 2.96. The molecule has 2 rings (SSSR count). The molecule has 0 bridgehead atoms. The molecule has 0 spiro atoms. The van der Waals surface area contributed by atoms with E-state index in [4.69, 9.17) is 14.2 Å². The fourth-order valence-electron chi connectivity index (χ4n) is 2.96. The van der Waals surface area contributed by atoms with Crippen LogP contribution >= 0.6 is 0 Å². The van der Waals surface area contributed by atoms with Crippen molar-refractivity contribution < 1.29 is 24.1 Å². The van der Waals surface area contributed by atoms with Crippen LogP contribution in [0.5, 0.6) is 17.2 Å². The second kappa shape index (κ2) is 8.42. The molecule has 0 saturated heterocycles. The highest BCUT2D eigenvalue weighted by Gasteiger charge is 2.29. The number of aromatic amines is 1. The molecular weight excluding hydrogens is 338 g/mol. The number of aromatic hydroxyl groups is 1. The van der Waals surface area contributed by atoms with Crippen LogP contribution in [-0.4, -0.2) is 36.9 Å². The Morgan fingerprint density at radius 2 is 2.00 bits per heavy atom. The van der Waals surface area contributed by atoms with Crippen LogP contribution in [0.4, 0.5) is 0 Å². The van der Waals surface area contributed by atoms with Crippen molar-refractivity contribution in [1.82, 2.24) is 4.98 Å². The summed E-state index contributed by atoms with van der Waals surface area (Å²) in [5.74, 6) is -0.582. The highest BCUT2D eigenvalue weighted by atomic mass is 16.5. The van der Waals surface area contributed by atoms with Gasteiger partial charge in [-0.2, -0.15) is 0 Å². The van der Waals surface area contributed by atoms with Crippen LogP contribution in [0.15, 0.2) is 29.1 Å². The molecule has 0 aliphatic rings. The summed E-state index contributed by atoms with van der Waals surface area (Å²) in [5, 5.41) is 10.4. The molecule has 0 fully saturated rings. The fraction of sp³-hybridized carbons (Fsp3) is 0.368. The number of hydrogen-bond donors (Lipinski definition) is 2. The normalized spacial score (nSPS) is 11.7. The number of carbonyl (C=O) groups excluding carboxylic acids is 1. The van der Waals surface area contributed by atoms with Crippen LogP contribution in [0, 0.1) is 6.92 Å². The van der Waals surface area contributed by atoms with Gasteiger partial charge in [-0.15, -0.1) is 0 Å². The Balaban J connectivity index is 2.67. The van der Waals surface area contributed by atoms with Gasteiger partial charge in [0.15, 0.2) is 11.5 Å². The van der Waals surface area contributed by atoms with E-state index in [9.17, 15) is 14.7 Å². The molecule has 7 heteroatoms. The first-order valence-electron chi connectivity index (χ1n) is 8.22. The van der Waals surface area contributed by atoms with E-state index in [2.05, 4.69) is 4.98 Å². The van der Waals surface area contributed by atoms with Gasteiger partial charge in [-0.25, -0.2) is 0 Å². The van der Waals surface area contributed by atoms with Gasteiger partial charge in [0.05, 0.1) is 32.8 Å². The topological polar surface area (TPSA) is 97.8 Å². The lowest BCUT2D eigenvalue weighted by Gasteiger charge is -2.21. The van der Waals surface area contributed by atoms with Crippen LogP contribution in [0.25, 0.3) is 0 Å². The smallest absolute Gasteiger partial charge is 0.306 e. The van der Waals surface area contributed by atoms with Crippen molar-refractivity contribution in [3.8, 4) is 17.2 Å². The lowest BCUT2D eigenvalue weighted by atomic mass is 9.87. The Morgan fingerprint density at radius 1 is 1.27 bits per heavy atom. The maximum absolute atomic E-state index is 12.5. The Hall–Kier alpha value is -2.96. The van der Waals surface area contributed by atoms with E-state index in [0.717, 1.165) is 0 Å². The summed E-state index contributed by atoms with van der Waals surface area (Å²) in [6.45, 7) is 3.59. The van der Waals surface area contributed by atoms with E-state index in [-0.39, 0.29) is 24.3 Å². The molecule has 0 aliphatic carbocycles. The van der Waals surface area contributed by atoms with E-state index in [1.165, 1.54) is 20.3 Å². The summed E-state index contributed by atoms with van der Waals surface area (Å²) in [5.41, 5.74) is 0.671. The third-order valence-corrected chi connectivity index (χ3v) is 4.02. The summed E-state index contributed by atoms with van der Waals surface area (Å²) in [6.07, 6.45) is -0.128. The van der Waals surface area contributed by atoms with Crippen molar-refractivity contribution in [2.45, 2.75) is 26.2 Å².